The van der Waals surface area contributed by atoms with Crippen molar-refractivity contribution >= 4 is 60.4 Å². The molecule has 0 saturated carbocycles. The van der Waals surface area contributed by atoms with Crippen LogP contribution in [0.5, 0.6) is 11.5 Å². The zero-order chi connectivity index (χ0) is 30.7. The normalized spacial score (nSPS) is 21.1. The third kappa shape index (κ3) is 7.99. The summed E-state index contributed by atoms with van der Waals surface area (Å²) in [6.07, 6.45) is -0.533. The molecular weight excluding hydrogens is 646 g/mol. The minimum atomic E-state index is -3.29. The zero-order valence-electron chi connectivity index (χ0n) is 24.3. The molecule has 4 rings (SSSR count). The van der Waals surface area contributed by atoms with Gasteiger partial charge < -0.3 is 24.4 Å². The second kappa shape index (κ2) is 13.3. The van der Waals surface area contributed by atoms with E-state index in [-0.39, 0.29) is 23.2 Å². The molecule has 2 aromatic rings. The van der Waals surface area contributed by atoms with E-state index in [2.05, 4.69) is 26.2 Å². The highest BCUT2D eigenvalue weighted by Crippen LogP contribution is 2.46. The van der Waals surface area contributed by atoms with E-state index < -0.39 is 39.5 Å². The molecule has 0 bridgehead atoms. The van der Waals surface area contributed by atoms with E-state index in [0.29, 0.717) is 40.0 Å². The first-order valence-electron chi connectivity index (χ1n) is 13.7. The molecule has 2 aliphatic heterocycles. The molecule has 0 unspecified atom stereocenters. The van der Waals surface area contributed by atoms with E-state index in [9.17, 15) is 18.0 Å². The molecule has 0 aromatic heterocycles. The summed E-state index contributed by atoms with van der Waals surface area (Å²) < 4.78 is 42.9. The Balaban J connectivity index is 1.73. The average Bonchev–Trinajstić information content (AvgIpc) is 3.35. The Kier molecular flexibility index (Phi) is 10.1. The Labute approximate surface area is 259 Å². The number of aliphatic imine (C=N–C) groups is 1. The van der Waals surface area contributed by atoms with Crippen LogP contribution < -0.4 is 19.7 Å². The first kappa shape index (κ1) is 32.2. The second-order valence-corrected chi connectivity index (χ2v) is 15.1. The molecule has 0 spiro atoms. The number of hydrogen-bond acceptors (Lipinski definition) is 8. The van der Waals surface area contributed by atoms with Crippen LogP contribution in [0.1, 0.15) is 40.2 Å². The van der Waals surface area contributed by atoms with Crippen LogP contribution in [0.15, 0.2) is 51.9 Å². The number of hydrogen-bond donors (Lipinski definition) is 1. The van der Waals surface area contributed by atoms with Crippen LogP contribution in [0, 0.1) is 0 Å². The van der Waals surface area contributed by atoms with Crippen LogP contribution >= 0.6 is 27.7 Å². The van der Waals surface area contributed by atoms with E-state index in [4.69, 9.17) is 14.2 Å². The average molecular weight is 683 g/mol. The molecule has 228 valence electrons. The fourth-order valence-corrected chi connectivity index (χ4v) is 9.19. The van der Waals surface area contributed by atoms with Crippen molar-refractivity contribution in [1.82, 2.24) is 5.32 Å². The third-order valence-electron chi connectivity index (χ3n) is 6.42. The topological polar surface area (TPSA) is 124 Å². The summed E-state index contributed by atoms with van der Waals surface area (Å²) in [6, 6.07) is 11.4. The summed E-state index contributed by atoms with van der Waals surface area (Å²) in [5.41, 5.74) is 0.683. The van der Waals surface area contributed by atoms with Crippen molar-refractivity contribution in [3.8, 4) is 11.5 Å². The zero-order valence-corrected chi connectivity index (χ0v) is 27.5. The lowest BCUT2D eigenvalue weighted by molar-refractivity contribution is -0.119. The molecule has 42 heavy (non-hydrogen) atoms. The minimum absolute atomic E-state index is 0.0252. The Bertz CT molecular complexity index is 1450. The van der Waals surface area contributed by atoms with Crippen molar-refractivity contribution in [2.75, 3.05) is 29.6 Å². The van der Waals surface area contributed by atoms with Crippen molar-refractivity contribution in [3.63, 3.8) is 0 Å². The largest absolute Gasteiger partial charge is 0.490 e. The number of thioether (sulfide) groups is 1. The highest BCUT2D eigenvalue weighted by atomic mass is 79.9. The van der Waals surface area contributed by atoms with Gasteiger partial charge >= 0.3 is 6.09 Å². The van der Waals surface area contributed by atoms with E-state index in [0.717, 1.165) is 5.56 Å². The molecule has 2 amide bonds. The lowest BCUT2D eigenvalue weighted by Gasteiger charge is -2.27. The summed E-state index contributed by atoms with van der Waals surface area (Å²) >= 11 is 4.87. The van der Waals surface area contributed by atoms with E-state index in [1.807, 2.05) is 44.2 Å². The summed E-state index contributed by atoms with van der Waals surface area (Å²) in [7, 11) is -3.29. The maximum absolute atomic E-state index is 13.7. The van der Waals surface area contributed by atoms with Crippen LogP contribution in [0.3, 0.4) is 0 Å². The quantitative estimate of drug-likeness (QED) is 0.390. The number of nitrogens with one attached hydrogen (secondary N) is 1. The number of fused-ring (bicyclic) bond motifs is 1. The van der Waals surface area contributed by atoms with Gasteiger partial charge in [-0.25, -0.2) is 13.2 Å². The van der Waals surface area contributed by atoms with Gasteiger partial charge in [0.05, 0.1) is 36.4 Å². The molecule has 10 nitrogen and oxygen atoms in total. The summed E-state index contributed by atoms with van der Waals surface area (Å²) in [5, 5.41) is 2.72. The first-order chi connectivity index (χ1) is 19.8. The lowest BCUT2D eigenvalue weighted by Crippen LogP contribution is -2.45. The molecule has 2 aromatic carbocycles. The maximum Gasteiger partial charge on any atom is 0.408 e. The van der Waals surface area contributed by atoms with Gasteiger partial charge in [-0.2, -0.15) is 4.99 Å². The fourth-order valence-electron chi connectivity index (χ4n) is 4.76. The predicted molar refractivity (Wildman–Crippen MR) is 169 cm³/mol. The molecule has 0 radical (unpaired) electrons. The number of anilines is 1. The van der Waals surface area contributed by atoms with Crippen LogP contribution in [0.2, 0.25) is 0 Å². The summed E-state index contributed by atoms with van der Waals surface area (Å²) in [5.74, 6) is 0.350. The minimum Gasteiger partial charge on any atom is -0.490 e. The number of carbonyl (C=O) groups is 2. The van der Waals surface area contributed by atoms with Gasteiger partial charge in [-0.15, -0.1) is 0 Å². The number of benzene rings is 2. The first-order valence-corrected chi connectivity index (χ1v) is 17.2. The Morgan fingerprint density at radius 2 is 1.74 bits per heavy atom. The van der Waals surface area contributed by atoms with Gasteiger partial charge in [0.2, 0.25) is 0 Å². The summed E-state index contributed by atoms with van der Waals surface area (Å²) in [6.45, 7) is 9.79. The van der Waals surface area contributed by atoms with Crippen LogP contribution in [-0.2, 0) is 25.8 Å². The number of alkyl carbamates (subject to hydrolysis) is 1. The number of rotatable bonds is 9. The number of ether oxygens (including phenoxy) is 3. The van der Waals surface area contributed by atoms with E-state index in [1.165, 1.54) is 11.8 Å². The van der Waals surface area contributed by atoms with Crippen LogP contribution in [0.4, 0.5) is 10.5 Å². The molecule has 3 atom stereocenters. The number of amidine groups is 1. The molecular formula is C29H36BrN3O7S2. The van der Waals surface area contributed by atoms with Gasteiger partial charge in [0.25, 0.3) is 5.91 Å². The molecule has 2 heterocycles. The van der Waals surface area contributed by atoms with E-state index in [1.54, 1.807) is 37.8 Å². The second-order valence-electron chi connectivity index (χ2n) is 10.9. The highest BCUT2D eigenvalue weighted by Gasteiger charge is 2.50. The fraction of sp³-hybridized carbons (Fsp3) is 0.483. The number of amides is 2. The van der Waals surface area contributed by atoms with Crippen molar-refractivity contribution in [3.05, 3.63) is 52.5 Å². The standard InChI is InChI=1S/C29H36BrN3O7S2/c1-6-38-23-14-19(30)21(15-24(23)39-7-2)33-22-16-42(36,37)17-25(22)41-27(33)32-26(34)20(13-18-11-9-8-10-12-18)31-28(35)40-29(3,4)5/h8-12,14-15,20,22,25H,6-7,13,16-17H2,1-5H3,(H,31,35)/t20-,22+,25+/m0/s1. The van der Waals surface area contributed by atoms with Gasteiger partial charge in [-0.1, -0.05) is 42.1 Å². The molecule has 1 N–H and O–H groups in total. The highest BCUT2D eigenvalue weighted by molar-refractivity contribution is 9.10. The number of carbonyl (C=O) groups excluding carboxylic acids is 2. The smallest absolute Gasteiger partial charge is 0.408 e. The number of halogens is 1. The van der Waals surface area contributed by atoms with Crippen molar-refractivity contribution in [1.29, 1.82) is 0 Å². The Hall–Kier alpha value is -2.77. The number of sulfone groups is 1. The van der Waals surface area contributed by atoms with Gasteiger partial charge in [-0.05, 0) is 56.1 Å². The lowest BCUT2D eigenvalue weighted by atomic mass is 10.1. The van der Waals surface area contributed by atoms with Gasteiger partial charge in [0.15, 0.2) is 26.5 Å². The van der Waals surface area contributed by atoms with Crippen molar-refractivity contribution < 1.29 is 32.2 Å². The van der Waals surface area contributed by atoms with Crippen molar-refractivity contribution in [2.24, 2.45) is 4.99 Å². The molecule has 2 aliphatic rings. The van der Waals surface area contributed by atoms with E-state index >= 15 is 0 Å². The maximum atomic E-state index is 13.7. The number of nitrogens with zero attached hydrogens (tertiary/aromatic N) is 2. The van der Waals surface area contributed by atoms with Gasteiger partial charge in [-0.3, -0.25) is 4.79 Å². The molecule has 2 saturated heterocycles. The summed E-state index contributed by atoms with van der Waals surface area (Å²) in [4.78, 5) is 32.7. The molecule has 2 fully saturated rings. The van der Waals surface area contributed by atoms with Crippen LogP contribution in [-0.4, -0.2) is 73.2 Å². The molecule has 0 aliphatic carbocycles. The van der Waals surface area contributed by atoms with Crippen LogP contribution in [0.25, 0.3) is 0 Å². The van der Waals surface area contributed by atoms with Gasteiger partial charge in [0.1, 0.15) is 11.6 Å². The third-order valence-corrected chi connectivity index (χ3v) is 10.3. The van der Waals surface area contributed by atoms with Crippen molar-refractivity contribution in [2.45, 2.75) is 64.0 Å². The molecule has 13 heteroatoms. The monoisotopic (exact) mass is 681 g/mol. The Morgan fingerprint density at radius 3 is 2.36 bits per heavy atom. The SMILES string of the molecule is CCOc1cc(Br)c(N2C(=NC(=O)[C@H](Cc3ccccc3)NC(=O)OC(C)(C)C)S[C@@H]3CS(=O)(=O)C[C@H]32)cc1OCC. The Morgan fingerprint density at radius 1 is 1.10 bits per heavy atom. The predicted octanol–water partition coefficient (Wildman–Crippen LogP) is 4.98. The van der Waals surface area contributed by atoms with Gasteiger partial charge in [0, 0.05) is 28.3 Å².